The first-order valence-corrected chi connectivity index (χ1v) is 9.09. The number of allylic oxidation sites excluding steroid dienone is 1. The summed E-state index contributed by atoms with van der Waals surface area (Å²) in [5, 5.41) is 3.30. The quantitative estimate of drug-likeness (QED) is 0.768. The number of halogens is 1. The van der Waals surface area contributed by atoms with Crippen LogP contribution in [0.15, 0.2) is 59.8 Å². The molecule has 1 heterocycles. The third-order valence-electron chi connectivity index (χ3n) is 4.68. The highest BCUT2D eigenvalue weighted by Gasteiger charge is 2.36. The Hall–Kier alpha value is -2.99. The van der Waals surface area contributed by atoms with Crippen molar-refractivity contribution in [2.75, 3.05) is 14.2 Å². The highest BCUT2D eigenvalue weighted by molar-refractivity contribution is 6.30. The first kappa shape index (κ1) is 19.8. The van der Waals surface area contributed by atoms with Crippen LogP contribution in [-0.4, -0.2) is 31.1 Å². The topological polar surface area (TPSA) is 67.9 Å². The second-order valence-corrected chi connectivity index (χ2v) is 6.83. The molecule has 1 aliphatic heterocycles. The van der Waals surface area contributed by atoms with E-state index < -0.39 is 12.0 Å². The normalized spacial score (nSPS) is 16.6. The lowest BCUT2D eigenvalue weighted by Gasteiger charge is -2.33. The molecule has 2 amide bonds. The Labute approximate surface area is 168 Å². The summed E-state index contributed by atoms with van der Waals surface area (Å²) >= 11 is 6.20. The number of nitrogens with one attached hydrogen (secondary N) is 1. The summed E-state index contributed by atoms with van der Waals surface area (Å²) in [5.41, 5.74) is 2.42. The molecule has 28 heavy (non-hydrogen) atoms. The molecular weight excluding hydrogens is 380 g/mol. The van der Waals surface area contributed by atoms with Gasteiger partial charge in [-0.3, -0.25) is 0 Å². The minimum Gasteiger partial charge on any atom is -0.489 e. The smallest absolute Gasteiger partial charge is 0.337 e. The first-order chi connectivity index (χ1) is 13.4. The number of hydrogen-bond acceptors (Lipinski definition) is 4. The number of nitrogens with zero attached hydrogens (tertiary/aromatic N) is 1. The maximum absolute atomic E-state index is 12.5. The molecule has 0 aromatic heterocycles. The van der Waals surface area contributed by atoms with Gasteiger partial charge in [-0.25, -0.2) is 9.59 Å². The number of methoxy groups -OCH3 is 1. The van der Waals surface area contributed by atoms with Crippen LogP contribution in [0.4, 0.5) is 4.79 Å². The molecule has 1 N–H and O–H groups in total. The summed E-state index contributed by atoms with van der Waals surface area (Å²) in [7, 11) is 2.90. The Morgan fingerprint density at radius 1 is 1.21 bits per heavy atom. The van der Waals surface area contributed by atoms with Gasteiger partial charge in [-0.15, -0.1) is 0 Å². The maximum atomic E-state index is 12.5. The summed E-state index contributed by atoms with van der Waals surface area (Å²) < 4.78 is 10.9. The fourth-order valence-electron chi connectivity index (χ4n) is 3.05. The van der Waals surface area contributed by atoms with Crippen LogP contribution in [0.3, 0.4) is 0 Å². The summed E-state index contributed by atoms with van der Waals surface area (Å²) in [5.74, 6) is 0.000596. The average molecular weight is 401 g/mol. The van der Waals surface area contributed by atoms with Crippen LogP contribution >= 0.6 is 11.6 Å². The molecular formula is C21H21ClN2O4. The molecule has 2 aromatic carbocycles. The minimum absolute atomic E-state index is 0.330. The lowest BCUT2D eigenvalue weighted by Crippen LogP contribution is -2.46. The fourth-order valence-corrected chi connectivity index (χ4v) is 3.24. The van der Waals surface area contributed by atoms with Crippen LogP contribution in [0.25, 0.3) is 0 Å². The summed E-state index contributed by atoms with van der Waals surface area (Å²) in [4.78, 5) is 26.2. The van der Waals surface area contributed by atoms with Gasteiger partial charge in [0.05, 0.1) is 18.7 Å². The molecule has 0 unspecified atom stereocenters. The molecule has 0 saturated carbocycles. The second kappa shape index (κ2) is 8.35. The van der Waals surface area contributed by atoms with E-state index in [1.165, 1.54) is 12.0 Å². The van der Waals surface area contributed by atoms with Crippen molar-refractivity contribution in [3.63, 3.8) is 0 Å². The maximum Gasteiger partial charge on any atom is 0.337 e. The first-order valence-electron chi connectivity index (χ1n) is 8.72. The number of benzene rings is 2. The van der Waals surface area contributed by atoms with Gasteiger partial charge in [0.15, 0.2) is 0 Å². The molecule has 6 nitrogen and oxygen atoms in total. The molecule has 7 heteroatoms. The SMILES string of the molecule is COC(=O)C1=C(C)N(C)C(=O)N[C@@H]1c1cc(Cl)ccc1OCc1ccccc1. The number of hydrogen-bond donors (Lipinski definition) is 1. The average Bonchev–Trinajstić information content (AvgIpc) is 2.71. The third-order valence-corrected chi connectivity index (χ3v) is 4.91. The van der Waals surface area contributed by atoms with E-state index in [1.54, 1.807) is 32.2 Å². The molecule has 0 spiro atoms. The number of carbonyl (C=O) groups excluding carboxylic acids is 2. The van der Waals surface area contributed by atoms with Crippen molar-refractivity contribution < 1.29 is 19.1 Å². The van der Waals surface area contributed by atoms with Crippen LogP contribution in [0.2, 0.25) is 5.02 Å². The van der Waals surface area contributed by atoms with Crippen LogP contribution in [0.5, 0.6) is 5.75 Å². The molecule has 0 bridgehead atoms. The number of rotatable bonds is 5. The van der Waals surface area contributed by atoms with Gasteiger partial charge >= 0.3 is 12.0 Å². The number of urea groups is 1. The highest BCUT2D eigenvalue weighted by atomic mass is 35.5. The molecule has 0 radical (unpaired) electrons. The van der Waals surface area contributed by atoms with E-state index in [-0.39, 0.29) is 6.03 Å². The summed E-state index contributed by atoms with van der Waals surface area (Å²) in [6.45, 7) is 2.04. The van der Waals surface area contributed by atoms with Gasteiger partial charge in [0.1, 0.15) is 12.4 Å². The fraction of sp³-hybridized carbons (Fsp3) is 0.238. The van der Waals surface area contributed by atoms with E-state index in [0.29, 0.717) is 34.2 Å². The van der Waals surface area contributed by atoms with Crippen molar-refractivity contribution >= 4 is 23.6 Å². The van der Waals surface area contributed by atoms with Gasteiger partial charge in [-0.05, 0) is 30.7 Å². The minimum atomic E-state index is -0.736. The summed E-state index contributed by atoms with van der Waals surface area (Å²) in [6.07, 6.45) is 0. The van der Waals surface area contributed by atoms with Gasteiger partial charge in [0.25, 0.3) is 0 Å². The van der Waals surface area contributed by atoms with Crippen molar-refractivity contribution in [2.45, 2.75) is 19.6 Å². The Kier molecular flexibility index (Phi) is 5.90. The zero-order chi connectivity index (χ0) is 20.3. The van der Waals surface area contributed by atoms with Gasteiger partial charge in [0, 0.05) is 23.3 Å². The summed E-state index contributed by atoms with van der Waals surface area (Å²) in [6, 6.07) is 13.8. The number of amides is 2. The standard InChI is InChI=1S/C21H21ClN2O4/c1-13-18(20(25)27-3)19(23-21(26)24(13)2)16-11-15(22)9-10-17(16)28-12-14-7-5-4-6-8-14/h4-11,19H,12H2,1-3H3,(H,23,26)/t19-/m1/s1. The Morgan fingerprint density at radius 3 is 2.61 bits per heavy atom. The molecule has 1 aliphatic rings. The van der Waals surface area contributed by atoms with Crippen molar-refractivity contribution in [1.29, 1.82) is 0 Å². The second-order valence-electron chi connectivity index (χ2n) is 6.39. The Morgan fingerprint density at radius 2 is 1.93 bits per heavy atom. The van der Waals surface area contributed by atoms with Crippen LogP contribution in [0, 0.1) is 0 Å². The molecule has 1 atom stereocenters. The zero-order valence-corrected chi connectivity index (χ0v) is 16.6. The molecule has 3 rings (SSSR count). The third kappa shape index (κ3) is 3.97. The highest BCUT2D eigenvalue weighted by Crippen LogP contribution is 2.37. The van der Waals surface area contributed by atoms with Crippen molar-refractivity contribution in [3.05, 3.63) is 76.0 Å². The molecule has 0 fully saturated rings. The molecule has 2 aromatic rings. The molecule has 0 saturated heterocycles. The Balaban J connectivity index is 2.02. The number of ether oxygens (including phenoxy) is 2. The van der Waals surface area contributed by atoms with Gasteiger partial charge in [-0.1, -0.05) is 41.9 Å². The van der Waals surface area contributed by atoms with Gasteiger partial charge in [-0.2, -0.15) is 0 Å². The van der Waals surface area contributed by atoms with E-state index in [1.807, 2.05) is 30.3 Å². The molecule has 0 aliphatic carbocycles. The van der Waals surface area contributed by atoms with Crippen LogP contribution in [0.1, 0.15) is 24.1 Å². The number of esters is 1. The van der Waals surface area contributed by atoms with E-state index in [4.69, 9.17) is 21.1 Å². The largest absolute Gasteiger partial charge is 0.489 e. The predicted octanol–water partition coefficient (Wildman–Crippen LogP) is 4.06. The monoisotopic (exact) mass is 400 g/mol. The zero-order valence-electron chi connectivity index (χ0n) is 15.9. The Bertz CT molecular complexity index is 927. The van der Waals surface area contributed by atoms with Crippen molar-refractivity contribution in [1.82, 2.24) is 10.2 Å². The van der Waals surface area contributed by atoms with Crippen LogP contribution in [-0.2, 0) is 16.1 Å². The van der Waals surface area contributed by atoms with E-state index in [9.17, 15) is 9.59 Å². The van der Waals surface area contributed by atoms with Gasteiger partial charge in [0.2, 0.25) is 0 Å². The van der Waals surface area contributed by atoms with Crippen molar-refractivity contribution in [3.8, 4) is 5.75 Å². The molecule has 146 valence electrons. The lowest BCUT2D eigenvalue weighted by atomic mass is 9.94. The van der Waals surface area contributed by atoms with Crippen LogP contribution < -0.4 is 10.1 Å². The van der Waals surface area contributed by atoms with E-state index in [0.717, 1.165) is 5.56 Å². The lowest BCUT2D eigenvalue weighted by molar-refractivity contribution is -0.136. The van der Waals surface area contributed by atoms with Crippen molar-refractivity contribution in [2.24, 2.45) is 0 Å². The van der Waals surface area contributed by atoms with E-state index in [2.05, 4.69) is 5.32 Å². The van der Waals surface area contributed by atoms with Gasteiger partial charge < -0.3 is 19.7 Å². The predicted molar refractivity (Wildman–Crippen MR) is 106 cm³/mol. The number of carbonyl (C=O) groups is 2. The van der Waals surface area contributed by atoms with E-state index >= 15 is 0 Å².